The lowest BCUT2D eigenvalue weighted by molar-refractivity contribution is -0.167. The van der Waals surface area contributed by atoms with E-state index in [0.29, 0.717) is 19.3 Å². The molecule has 472 valence electrons. The Balaban J connectivity index is 4.45. The SMILES string of the molecule is CC/C=C\C/C=C\C/C=C\C/C=C\C/C=C\CCCCCCCC(=O)OC(COC(=O)CCCCCCCCCCC/C=C\C/C=C\CCCCCCC)COC(=O)CCCCCCCCCCCC/C=C\C/C=C\C/C=C\C/C=C\CC. The lowest BCUT2D eigenvalue weighted by Gasteiger charge is -2.18. The van der Waals surface area contributed by atoms with Crippen LogP contribution in [0.3, 0.4) is 0 Å². The van der Waals surface area contributed by atoms with Crippen molar-refractivity contribution in [1.29, 1.82) is 0 Å². The zero-order chi connectivity index (χ0) is 59.9. The molecule has 0 fully saturated rings. The third-order valence-electron chi connectivity index (χ3n) is 14.6. The minimum atomic E-state index is -0.800. The number of hydrogen-bond donors (Lipinski definition) is 0. The first kappa shape index (κ1) is 78.5. The first-order chi connectivity index (χ1) is 41.0. The van der Waals surface area contributed by atoms with Crippen molar-refractivity contribution in [3.05, 3.63) is 134 Å². The molecule has 0 aromatic carbocycles. The van der Waals surface area contributed by atoms with Gasteiger partial charge in [0.1, 0.15) is 13.2 Å². The summed E-state index contributed by atoms with van der Waals surface area (Å²) in [7, 11) is 0. The van der Waals surface area contributed by atoms with E-state index in [1.54, 1.807) is 0 Å². The van der Waals surface area contributed by atoms with Gasteiger partial charge < -0.3 is 14.2 Å². The van der Waals surface area contributed by atoms with Gasteiger partial charge in [0.05, 0.1) is 0 Å². The van der Waals surface area contributed by atoms with E-state index >= 15 is 0 Å². The van der Waals surface area contributed by atoms with Crippen molar-refractivity contribution in [3.8, 4) is 0 Å². The molecule has 0 aliphatic rings. The standard InChI is InChI=1S/C77H128O6/c1-4-7-10-13-16-19-22-25-28-31-34-37-38-41-43-46-49-52-55-58-61-64-67-70-76(79)82-73-74(83-77(80)71-68-65-62-59-56-53-50-47-44-40-36-33-30-27-24-21-18-15-12-9-6-3)72-81-75(78)69-66-63-60-57-54-51-48-45-42-39-35-32-29-26-23-20-17-14-11-8-5-2/h7,9-10,12,16,18-19,21,23,25-28,30,32,34-37,40,47,50,74H,4-6,8,11,13-15,17,20,22,24,29,31,33,38-39,41-46,48-49,51-73H2,1-3H3/b10-7-,12-9-,19-16-,21-18-,26-23-,28-25-,30-27-,35-32-,37-34-,40-36-,50-47-. The molecule has 0 aromatic rings. The second-order valence-electron chi connectivity index (χ2n) is 22.7. The topological polar surface area (TPSA) is 78.9 Å². The highest BCUT2D eigenvalue weighted by Crippen LogP contribution is 2.16. The van der Waals surface area contributed by atoms with Crippen LogP contribution in [0, 0.1) is 0 Å². The lowest BCUT2D eigenvalue weighted by atomic mass is 10.1. The highest BCUT2D eigenvalue weighted by molar-refractivity contribution is 5.71. The number of esters is 3. The van der Waals surface area contributed by atoms with Crippen LogP contribution in [-0.4, -0.2) is 37.2 Å². The van der Waals surface area contributed by atoms with E-state index in [0.717, 1.165) is 141 Å². The molecular weight excluding hydrogens is 1020 g/mol. The Bertz CT molecular complexity index is 1750. The van der Waals surface area contributed by atoms with Gasteiger partial charge in [0.2, 0.25) is 0 Å². The summed E-state index contributed by atoms with van der Waals surface area (Å²) in [5, 5.41) is 0. The Kier molecular flexibility index (Phi) is 66.3. The average Bonchev–Trinajstić information content (AvgIpc) is 3.49. The van der Waals surface area contributed by atoms with Gasteiger partial charge in [-0.1, -0.05) is 296 Å². The Hall–Kier alpha value is -4.45. The van der Waals surface area contributed by atoms with Crippen molar-refractivity contribution in [2.45, 2.75) is 322 Å². The van der Waals surface area contributed by atoms with Crippen molar-refractivity contribution in [1.82, 2.24) is 0 Å². The molecule has 0 saturated heterocycles. The van der Waals surface area contributed by atoms with Gasteiger partial charge in [-0.05, 0) is 135 Å². The Morgan fingerprint density at radius 1 is 0.253 bits per heavy atom. The summed E-state index contributed by atoms with van der Waals surface area (Å²) in [6.07, 6.45) is 98.8. The Labute approximate surface area is 513 Å². The highest BCUT2D eigenvalue weighted by Gasteiger charge is 2.19. The third kappa shape index (κ3) is 68.2. The minimum Gasteiger partial charge on any atom is -0.462 e. The van der Waals surface area contributed by atoms with E-state index in [4.69, 9.17) is 14.2 Å². The second-order valence-corrected chi connectivity index (χ2v) is 22.7. The minimum absolute atomic E-state index is 0.0922. The third-order valence-corrected chi connectivity index (χ3v) is 14.6. The van der Waals surface area contributed by atoms with Crippen LogP contribution >= 0.6 is 0 Å². The molecule has 0 heterocycles. The maximum atomic E-state index is 13.0. The molecule has 0 aliphatic carbocycles. The Morgan fingerprint density at radius 2 is 0.470 bits per heavy atom. The summed E-state index contributed by atoms with van der Waals surface area (Å²) in [5.74, 6) is -0.911. The fraction of sp³-hybridized carbons (Fsp3) is 0.675. The number of carbonyl (C=O) groups excluding carboxylic acids is 3. The van der Waals surface area contributed by atoms with Crippen LogP contribution in [0.25, 0.3) is 0 Å². The van der Waals surface area contributed by atoms with E-state index < -0.39 is 6.10 Å². The second kappa shape index (κ2) is 70.0. The van der Waals surface area contributed by atoms with Gasteiger partial charge in [-0.25, -0.2) is 0 Å². The van der Waals surface area contributed by atoms with E-state index in [1.807, 2.05) is 0 Å². The molecule has 1 atom stereocenters. The lowest BCUT2D eigenvalue weighted by Crippen LogP contribution is -2.30. The summed E-state index contributed by atoms with van der Waals surface area (Å²) in [6, 6.07) is 0. The summed E-state index contributed by atoms with van der Waals surface area (Å²) in [5.41, 5.74) is 0. The van der Waals surface area contributed by atoms with Gasteiger partial charge in [0.25, 0.3) is 0 Å². The maximum Gasteiger partial charge on any atom is 0.306 e. The Morgan fingerprint density at radius 3 is 0.735 bits per heavy atom. The van der Waals surface area contributed by atoms with E-state index in [9.17, 15) is 14.4 Å². The number of carbonyl (C=O) groups is 3. The quantitative estimate of drug-likeness (QED) is 0.0261. The van der Waals surface area contributed by atoms with E-state index in [-0.39, 0.29) is 31.1 Å². The van der Waals surface area contributed by atoms with Gasteiger partial charge in [-0.3, -0.25) is 14.4 Å². The number of ether oxygens (including phenoxy) is 3. The zero-order valence-electron chi connectivity index (χ0n) is 54.2. The summed E-state index contributed by atoms with van der Waals surface area (Å²) < 4.78 is 17.0. The molecule has 1 unspecified atom stereocenters. The molecule has 0 aliphatic heterocycles. The van der Waals surface area contributed by atoms with Crippen LogP contribution in [-0.2, 0) is 28.6 Å². The average molecular weight is 1150 g/mol. The number of allylic oxidation sites excluding steroid dienone is 22. The van der Waals surface area contributed by atoms with Crippen LogP contribution in [0.15, 0.2) is 134 Å². The van der Waals surface area contributed by atoms with Gasteiger partial charge in [0.15, 0.2) is 6.10 Å². The van der Waals surface area contributed by atoms with Crippen molar-refractivity contribution >= 4 is 17.9 Å². The number of unbranched alkanes of at least 4 members (excludes halogenated alkanes) is 29. The molecule has 0 radical (unpaired) electrons. The largest absolute Gasteiger partial charge is 0.462 e. The first-order valence-corrected chi connectivity index (χ1v) is 34.7. The zero-order valence-corrected chi connectivity index (χ0v) is 54.2. The molecule has 0 rings (SSSR count). The molecule has 0 spiro atoms. The van der Waals surface area contributed by atoms with Crippen molar-refractivity contribution in [3.63, 3.8) is 0 Å². The predicted octanol–water partition coefficient (Wildman–Crippen LogP) is 24.1. The van der Waals surface area contributed by atoms with Crippen LogP contribution in [0.4, 0.5) is 0 Å². The molecule has 6 heteroatoms. The van der Waals surface area contributed by atoms with E-state index in [1.165, 1.54) is 135 Å². The fourth-order valence-corrected chi connectivity index (χ4v) is 9.49. The smallest absolute Gasteiger partial charge is 0.306 e. The monoisotopic (exact) mass is 1150 g/mol. The summed E-state index contributed by atoms with van der Waals surface area (Å²) in [4.78, 5) is 38.5. The molecule has 83 heavy (non-hydrogen) atoms. The van der Waals surface area contributed by atoms with Crippen LogP contribution < -0.4 is 0 Å². The molecule has 6 nitrogen and oxygen atoms in total. The summed E-state index contributed by atoms with van der Waals surface area (Å²) >= 11 is 0. The number of rotatable bonds is 62. The first-order valence-electron chi connectivity index (χ1n) is 34.7. The van der Waals surface area contributed by atoms with E-state index in [2.05, 4.69) is 154 Å². The molecule has 0 aromatic heterocycles. The van der Waals surface area contributed by atoms with Gasteiger partial charge >= 0.3 is 17.9 Å². The predicted molar refractivity (Wildman–Crippen MR) is 362 cm³/mol. The maximum absolute atomic E-state index is 13.0. The van der Waals surface area contributed by atoms with Crippen molar-refractivity contribution in [2.75, 3.05) is 13.2 Å². The molecule has 0 amide bonds. The van der Waals surface area contributed by atoms with Gasteiger partial charge in [-0.15, -0.1) is 0 Å². The van der Waals surface area contributed by atoms with Crippen molar-refractivity contribution in [2.24, 2.45) is 0 Å². The molecule has 0 N–H and O–H groups in total. The van der Waals surface area contributed by atoms with Crippen LogP contribution in [0.1, 0.15) is 316 Å². The van der Waals surface area contributed by atoms with Crippen molar-refractivity contribution < 1.29 is 28.6 Å². The summed E-state index contributed by atoms with van der Waals surface area (Å²) in [6.45, 7) is 6.41. The van der Waals surface area contributed by atoms with Crippen LogP contribution in [0.5, 0.6) is 0 Å². The van der Waals surface area contributed by atoms with Gasteiger partial charge in [0, 0.05) is 19.3 Å². The number of hydrogen-bond acceptors (Lipinski definition) is 6. The normalized spacial score (nSPS) is 13.0. The molecule has 0 saturated carbocycles. The van der Waals surface area contributed by atoms with Crippen LogP contribution in [0.2, 0.25) is 0 Å². The molecular formula is C77H128O6. The highest BCUT2D eigenvalue weighted by atomic mass is 16.6. The molecule has 0 bridgehead atoms. The fourth-order valence-electron chi connectivity index (χ4n) is 9.49. The van der Waals surface area contributed by atoms with Gasteiger partial charge in [-0.2, -0.15) is 0 Å².